The average molecular weight is 291 g/mol. The second kappa shape index (κ2) is 7.22. The van der Waals surface area contributed by atoms with Crippen molar-refractivity contribution in [3.63, 3.8) is 0 Å². The van der Waals surface area contributed by atoms with Crippen LogP contribution in [-0.4, -0.2) is 43.1 Å². The molecular formula is C13H17N5O3. The number of nitrogens with zero attached hydrogens (tertiary/aromatic N) is 4. The van der Waals surface area contributed by atoms with Gasteiger partial charge in [-0.3, -0.25) is 14.2 Å². The van der Waals surface area contributed by atoms with Crippen molar-refractivity contribution in [2.24, 2.45) is 0 Å². The Morgan fingerprint density at radius 2 is 2.10 bits per heavy atom. The van der Waals surface area contributed by atoms with E-state index in [1.165, 1.54) is 17.1 Å². The summed E-state index contributed by atoms with van der Waals surface area (Å²) < 4.78 is 3.26. The fourth-order valence-corrected chi connectivity index (χ4v) is 1.80. The molecule has 21 heavy (non-hydrogen) atoms. The zero-order valence-electron chi connectivity index (χ0n) is 11.5. The number of aromatic carboxylic acids is 1. The van der Waals surface area contributed by atoms with Crippen LogP contribution in [-0.2, 0) is 17.9 Å². The lowest BCUT2D eigenvalue weighted by atomic mass is 10.3. The van der Waals surface area contributed by atoms with Gasteiger partial charge in [-0.25, -0.2) is 4.79 Å². The second-order valence-electron chi connectivity index (χ2n) is 4.52. The Morgan fingerprint density at radius 3 is 2.76 bits per heavy atom. The van der Waals surface area contributed by atoms with Crippen LogP contribution in [0.1, 0.15) is 23.2 Å². The monoisotopic (exact) mass is 291 g/mol. The van der Waals surface area contributed by atoms with Crippen LogP contribution in [0.2, 0.25) is 0 Å². The van der Waals surface area contributed by atoms with Crippen LogP contribution in [0.4, 0.5) is 0 Å². The van der Waals surface area contributed by atoms with Crippen LogP contribution in [0.25, 0.3) is 0 Å². The molecule has 0 spiro atoms. The van der Waals surface area contributed by atoms with Crippen molar-refractivity contribution in [3.05, 3.63) is 36.4 Å². The summed E-state index contributed by atoms with van der Waals surface area (Å²) in [6.07, 6.45) is 7.34. The first kappa shape index (κ1) is 14.8. The number of carboxylic acid groups (broad SMARTS) is 1. The van der Waals surface area contributed by atoms with Gasteiger partial charge in [0.25, 0.3) is 0 Å². The molecule has 2 aromatic heterocycles. The van der Waals surface area contributed by atoms with Crippen LogP contribution in [0.5, 0.6) is 0 Å². The molecule has 0 bridgehead atoms. The minimum Gasteiger partial charge on any atom is -0.478 e. The third-order valence-electron chi connectivity index (χ3n) is 2.89. The van der Waals surface area contributed by atoms with Gasteiger partial charge in [0.1, 0.15) is 0 Å². The van der Waals surface area contributed by atoms with E-state index in [1.54, 1.807) is 6.20 Å². The summed E-state index contributed by atoms with van der Waals surface area (Å²) in [7, 11) is 0. The Hall–Kier alpha value is -2.64. The van der Waals surface area contributed by atoms with Crippen LogP contribution in [0.15, 0.2) is 30.9 Å². The summed E-state index contributed by atoms with van der Waals surface area (Å²) in [5.41, 5.74) is 0.120. The number of aryl methyl sites for hydroxylation is 2. The van der Waals surface area contributed by atoms with Gasteiger partial charge in [-0.05, 0) is 12.5 Å². The van der Waals surface area contributed by atoms with Crippen molar-refractivity contribution in [2.45, 2.75) is 25.9 Å². The van der Waals surface area contributed by atoms with Crippen molar-refractivity contribution in [1.82, 2.24) is 24.9 Å². The van der Waals surface area contributed by atoms with Crippen molar-refractivity contribution >= 4 is 11.9 Å². The number of hydrogen-bond acceptors (Lipinski definition) is 4. The normalized spacial score (nSPS) is 10.5. The van der Waals surface area contributed by atoms with Crippen LogP contribution in [0, 0.1) is 0 Å². The van der Waals surface area contributed by atoms with Gasteiger partial charge >= 0.3 is 5.97 Å². The Labute approximate surface area is 121 Å². The molecule has 0 aliphatic heterocycles. The average Bonchev–Trinajstić information content (AvgIpc) is 3.12. The van der Waals surface area contributed by atoms with E-state index in [0.29, 0.717) is 13.1 Å². The summed E-state index contributed by atoms with van der Waals surface area (Å²) in [6, 6.07) is 1.86. The number of rotatable bonds is 8. The topological polar surface area (TPSA) is 102 Å². The van der Waals surface area contributed by atoms with Gasteiger partial charge in [-0.15, -0.1) is 0 Å². The first-order chi connectivity index (χ1) is 10.1. The van der Waals surface area contributed by atoms with Gasteiger partial charge in [0.2, 0.25) is 5.91 Å². The van der Waals surface area contributed by atoms with E-state index in [9.17, 15) is 9.59 Å². The predicted octanol–water partition coefficient (Wildman–Crippen LogP) is 0.374. The van der Waals surface area contributed by atoms with Gasteiger partial charge in [0.05, 0.1) is 11.8 Å². The predicted molar refractivity (Wildman–Crippen MR) is 73.7 cm³/mol. The van der Waals surface area contributed by atoms with Crippen LogP contribution in [0.3, 0.4) is 0 Å². The van der Waals surface area contributed by atoms with E-state index in [-0.39, 0.29) is 17.9 Å². The fourth-order valence-electron chi connectivity index (χ4n) is 1.80. The fraction of sp³-hybridized carbons (Fsp3) is 0.385. The molecule has 8 nitrogen and oxygen atoms in total. The molecule has 0 aliphatic carbocycles. The zero-order valence-corrected chi connectivity index (χ0v) is 11.5. The van der Waals surface area contributed by atoms with Gasteiger partial charge < -0.3 is 10.4 Å². The van der Waals surface area contributed by atoms with Crippen molar-refractivity contribution in [3.8, 4) is 0 Å². The number of carbonyl (C=O) groups excluding carboxylic acids is 1. The number of hydrogen-bond donors (Lipinski definition) is 2. The highest BCUT2D eigenvalue weighted by Crippen LogP contribution is 1.98. The number of carbonyl (C=O) groups is 2. The Kier molecular flexibility index (Phi) is 5.08. The molecule has 2 rings (SSSR count). The quantitative estimate of drug-likeness (QED) is 0.684. The molecule has 0 aromatic carbocycles. The lowest BCUT2D eigenvalue weighted by Gasteiger charge is -2.05. The molecular weight excluding hydrogens is 274 g/mol. The van der Waals surface area contributed by atoms with E-state index in [4.69, 9.17) is 5.11 Å². The molecule has 2 heterocycles. The number of amides is 1. The molecule has 112 valence electrons. The molecule has 0 fully saturated rings. The van der Waals surface area contributed by atoms with E-state index in [1.807, 2.05) is 16.9 Å². The first-order valence-corrected chi connectivity index (χ1v) is 6.65. The maximum absolute atomic E-state index is 11.6. The van der Waals surface area contributed by atoms with Crippen molar-refractivity contribution < 1.29 is 14.7 Å². The summed E-state index contributed by atoms with van der Waals surface area (Å²) in [4.78, 5) is 22.3. The smallest absolute Gasteiger partial charge is 0.338 e. The standard InChI is InChI=1S/C13H17N5O3/c19-12(14-4-1-6-17-7-2-5-15-17)3-8-18-10-11(9-16-18)13(20)21/h2,5,7,9-10H,1,3-4,6,8H2,(H,14,19)(H,20,21). The number of nitrogens with one attached hydrogen (secondary N) is 1. The minimum absolute atomic E-state index is 0.0807. The molecule has 0 radical (unpaired) electrons. The third-order valence-corrected chi connectivity index (χ3v) is 2.89. The summed E-state index contributed by atoms with van der Waals surface area (Å²) in [5, 5.41) is 19.5. The Bertz CT molecular complexity index is 591. The van der Waals surface area contributed by atoms with Gasteiger partial charge in [-0.2, -0.15) is 10.2 Å². The summed E-state index contributed by atoms with van der Waals surface area (Å²) >= 11 is 0. The molecule has 0 aliphatic rings. The zero-order chi connectivity index (χ0) is 15.1. The van der Waals surface area contributed by atoms with E-state index in [2.05, 4.69) is 15.5 Å². The molecule has 1 amide bonds. The SMILES string of the molecule is O=C(CCn1cc(C(=O)O)cn1)NCCCn1cccn1. The summed E-state index contributed by atoms with van der Waals surface area (Å²) in [6.45, 7) is 1.70. The highest BCUT2D eigenvalue weighted by Gasteiger charge is 2.07. The highest BCUT2D eigenvalue weighted by molar-refractivity contribution is 5.86. The van der Waals surface area contributed by atoms with E-state index in [0.717, 1.165) is 13.0 Å². The maximum atomic E-state index is 11.6. The summed E-state index contributed by atoms with van der Waals surface area (Å²) in [5.74, 6) is -1.10. The molecule has 8 heteroatoms. The first-order valence-electron chi connectivity index (χ1n) is 6.65. The van der Waals surface area contributed by atoms with Crippen molar-refractivity contribution in [2.75, 3.05) is 6.54 Å². The second-order valence-corrected chi connectivity index (χ2v) is 4.52. The molecule has 0 saturated carbocycles. The van der Waals surface area contributed by atoms with Gasteiger partial charge in [0, 0.05) is 44.6 Å². The molecule has 0 unspecified atom stereocenters. The molecule has 2 N–H and O–H groups in total. The van der Waals surface area contributed by atoms with Crippen LogP contribution >= 0.6 is 0 Å². The van der Waals surface area contributed by atoms with Gasteiger partial charge in [0.15, 0.2) is 0 Å². The Balaban J connectivity index is 1.61. The Morgan fingerprint density at radius 1 is 1.24 bits per heavy atom. The highest BCUT2D eigenvalue weighted by atomic mass is 16.4. The van der Waals surface area contributed by atoms with Crippen molar-refractivity contribution in [1.29, 1.82) is 0 Å². The molecule has 2 aromatic rings. The van der Waals surface area contributed by atoms with Gasteiger partial charge in [-0.1, -0.05) is 0 Å². The lowest BCUT2D eigenvalue weighted by molar-refractivity contribution is -0.121. The maximum Gasteiger partial charge on any atom is 0.338 e. The number of carboxylic acids is 1. The lowest BCUT2D eigenvalue weighted by Crippen LogP contribution is -2.26. The third kappa shape index (κ3) is 4.75. The van der Waals surface area contributed by atoms with E-state index < -0.39 is 5.97 Å². The van der Waals surface area contributed by atoms with Crippen LogP contribution < -0.4 is 5.32 Å². The minimum atomic E-state index is -1.02. The molecule has 0 atom stereocenters. The van der Waals surface area contributed by atoms with E-state index >= 15 is 0 Å². The largest absolute Gasteiger partial charge is 0.478 e. The number of aromatic nitrogens is 4. The molecule has 0 saturated heterocycles.